The van der Waals surface area contributed by atoms with Crippen LogP contribution in [0.3, 0.4) is 0 Å². The zero-order valence-electron chi connectivity index (χ0n) is 14.2. The van der Waals surface area contributed by atoms with E-state index in [9.17, 15) is 0 Å². The molecule has 2 unspecified atom stereocenters. The van der Waals surface area contributed by atoms with E-state index in [0.717, 1.165) is 43.1 Å². The summed E-state index contributed by atoms with van der Waals surface area (Å²) >= 11 is 0. The number of furan rings is 1. The van der Waals surface area contributed by atoms with E-state index in [0.29, 0.717) is 5.92 Å². The minimum absolute atomic E-state index is 0.679. The first kappa shape index (κ1) is 16.6. The maximum atomic E-state index is 5.95. The molecule has 0 radical (unpaired) electrons. The van der Waals surface area contributed by atoms with Crippen molar-refractivity contribution in [2.45, 2.75) is 65.6 Å². The molecule has 1 aromatic rings. The molecular weight excluding hydrogens is 260 g/mol. The molecule has 3 nitrogen and oxygen atoms in total. The van der Waals surface area contributed by atoms with E-state index in [2.05, 4.69) is 50.2 Å². The van der Waals surface area contributed by atoms with Gasteiger partial charge in [-0.3, -0.25) is 4.90 Å². The molecule has 0 amide bonds. The third-order valence-electron chi connectivity index (χ3n) is 4.51. The van der Waals surface area contributed by atoms with Crippen LogP contribution in [0.15, 0.2) is 16.5 Å². The van der Waals surface area contributed by atoms with Crippen LogP contribution in [0.25, 0.3) is 0 Å². The van der Waals surface area contributed by atoms with E-state index in [1.54, 1.807) is 0 Å². The van der Waals surface area contributed by atoms with Gasteiger partial charge < -0.3 is 9.73 Å². The lowest BCUT2D eigenvalue weighted by Gasteiger charge is -2.33. The topological polar surface area (TPSA) is 28.4 Å². The van der Waals surface area contributed by atoms with Gasteiger partial charge in [-0.1, -0.05) is 33.6 Å². The van der Waals surface area contributed by atoms with E-state index in [1.165, 1.54) is 25.7 Å². The van der Waals surface area contributed by atoms with Crippen molar-refractivity contribution in [2.24, 2.45) is 11.8 Å². The highest BCUT2D eigenvalue weighted by Crippen LogP contribution is 2.27. The van der Waals surface area contributed by atoms with Crippen LogP contribution < -0.4 is 5.32 Å². The van der Waals surface area contributed by atoms with E-state index >= 15 is 0 Å². The summed E-state index contributed by atoms with van der Waals surface area (Å²) in [4.78, 5) is 2.47. The molecule has 0 bridgehead atoms. The molecule has 21 heavy (non-hydrogen) atoms. The van der Waals surface area contributed by atoms with Crippen LogP contribution >= 0.6 is 0 Å². The summed E-state index contributed by atoms with van der Waals surface area (Å²) in [5, 5.41) is 3.43. The molecular formula is C18H32N2O. The molecule has 1 N–H and O–H groups in total. The van der Waals surface area contributed by atoms with Gasteiger partial charge in [0.1, 0.15) is 11.5 Å². The van der Waals surface area contributed by atoms with Crippen LogP contribution in [0.5, 0.6) is 0 Å². The second-order valence-electron chi connectivity index (χ2n) is 7.23. The second-order valence-corrected chi connectivity index (χ2v) is 7.23. The lowest BCUT2D eigenvalue weighted by molar-refractivity contribution is 0.148. The number of rotatable bonds is 7. The van der Waals surface area contributed by atoms with Gasteiger partial charge in [-0.2, -0.15) is 0 Å². The van der Waals surface area contributed by atoms with E-state index in [4.69, 9.17) is 4.42 Å². The van der Waals surface area contributed by atoms with Crippen LogP contribution in [0.4, 0.5) is 0 Å². The van der Waals surface area contributed by atoms with Gasteiger partial charge in [-0.05, 0) is 50.4 Å². The van der Waals surface area contributed by atoms with Crippen molar-refractivity contribution in [3.05, 3.63) is 23.7 Å². The zero-order valence-corrected chi connectivity index (χ0v) is 14.2. The average Bonchev–Trinajstić information content (AvgIpc) is 2.86. The zero-order chi connectivity index (χ0) is 15.2. The van der Waals surface area contributed by atoms with Gasteiger partial charge in [0.05, 0.1) is 13.1 Å². The first-order chi connectivity index (χ1) is 10.0. The Kier molecular flexibility index (Phi) is 6.31. The predicted octanol–water partition coefficient (Wildman–Crippen LogP) is 4.04. The Labute approximate surface area is 130 Å². The molecule has 0 saturated heterocycles. The summed E-state index contributed by atoms with van der Waals surface area (Å²) in [6.07, 6.45) is 5.44. The molecule has 1 aromatic heterocycles. The summed E-state index contributed by atoms with van der Waals surface area (Å²) in [6.45, 7) is 9.63. The fourth-order valence-corrected chi connectivity index (χ4v) is 3.26. The van der Waals surface area contributed by atoms with E-state index in [-0.39, 0.29) is 0 Å². The highest BCUT2D eigenvalue weighted by Gasteiger charge is 2.22. The maximum Gasteiger partial charge on any atom is 0.118 e. The SMILES string of the molecule is CC(C)CNCc1ccc(CN(C)C2CCCC(C)C2)o1. The molecule has 2 rings (SSSR count). The lowest BCUT2D eigenvalue weighted by Crippen LogP contribution is -2.34. The van der Waals surface area contributed by atoms with Gasteiger partial charge in [-0.25, -0.2) is 0 Å². The number of hydrogen-bond acceptors (Lipinski definition) is 3. The Morgan fingerprint density at radius 3 is 2.76 bits per heavy atom. The van der Waals surface area contributed by atoms with Crippen molar-refractivity contribution in [1.82, 2.24) is 10.2 Å². The van der Waals surface area contributed by atoms with Crippen LogP contribution in [-0.4, -0.2) is 24.5 Å². The van der Waals surface area contributed by atoms with Gasteiger partial charge in [0.25, 0.3) is 0 Å². The highest BCUT2D eigenvalue weighted by atomic mass is 16.3. The Balaban J connectivity index is 1.78. The summed E-state index contributed by atoms with van der Waals surface area (Å²) in [6, 6.07) is 4.97. The smallest absolute Gasteiger partial charge is 0.118 e. The molecule has 2 atom stereocenters. The van der Waals surface area contributed by atoms with Crippen molar-refractivity contribution in [1.29, 1.82) is 0 Å². The van der Waals surface area contributed by atoms with Gasteiger partial charge in [0.2, 0.25) is 0 Å². The molecule has 3 heteroatoms. The van der Waals surface area contributed by atoms with Crippen molar-refractivity contribution < 1.29 is 4.42 Å². The average molecular weight is 292 g/mol. The van der Waals surface area contributed by atoms with Crippen LogP contribution in [0.2, 0.25) is 0 Å². The van der Waals surface area contributed by atoms with Gasteiger partial charge >= 0.3 is 0 Å². The minimum atomic E-state index is 0.679. The Morgan fingerprint density at radius 1 is 1.29 bits per heavy atom. The molecule has 120 valence electrons. The van der Waals surface area contributed by atoms with Crippen LogP contribution in [-0.2, 0) is 13.1 Å². The first-order valence-electron chi connectivity index (χ1n) is 8.53. The van der Waals surface area contributed by atoms with Crippen molar-refractivity contribution >= 4 is 0 Å². The fourth-order valence-electron chi connectivity index (χ4n) is 3.26. The minimum Gasteiger partial charge on any atom is -0.463 e. The third kappa shape index (κ3) is 5.48. The van der Waals surface area contributed by atoms with Crippen molar-refractivity contribution in [3.63, 3.8) is 0 Å². The van der Waals surface area contributed by atoms with Crippen molar-refractivity contribution in [3.8, 4) is 0 Å². The third-order valence-corrected chi connectivity index (χ3v) is 4.51. The summed E-state index contributed by atoms with van der Waals surface area (Å²) in [5.41, 5.74) is 0. The Hall–Kier alpha value is -0.800. The Morgan fingerprint density at radius 2 is 2.05 bits per heavy atom. The normalized spacial score (nSPS) is 23.1. The van der Waals surface area contributed by atoms with Crippen LogP contribution in [0, 0.1) is 11.8 Å². The van der Waals surface area contributed by atoms with Gasteiger partial charge in [-0.15, -0.1) is 0 Å². The summed E-state index contributed by atoms with van der Waals surface area (Å²) < 4.78 is 5.95. The lowest BCUT2D eigenvalue weighted by atomic mass is 9.86. The molecule has 0 aromatic carbocycles. The second kappa shape index (κ2) is 8.00. The molecule has 1 aliphatic rings. The fraction of sp³-hybridized carbons (Fsp3) is 0.778. The molecule has 1 aliphatic carbocycles. The summed E-state index contributed by atoms with van der Waals surface area (Å²) in [7, 11) is 2.24. The van der Waals surface area contributed by atoms with Gasteiger partial charge in [0, 0.05) is 6.04 Å². The number of nitrogens with zero attached hydrogens (tertiary/aromatic N) is 1. The maximum absolute atomic E-state index is 5.95. The van der Waals surface area contributed by atoms with Gasteiger partial charge in [0.15, 0.2) is 0 Å². The number of nitrogens with one attached hydrogen (secondary N) is 1. The number of hydrogen-bond donors (Lipinski definition) is 1. The van der Waals surface area contributed by atoms with Crippen LogP contribution in [0.1, 0.15) is 58.0 Å². The molecule has 1 saturated carbocycles. The monoisotopic (exact) mass is 292 g/mol. The molecule has 1 heterocycles. The quantitative estimate of drug-likeness (QED) is 0.822. The summed E-state index contributed by atoms with van der Waals surface area (Å²) in [5.74, 6) is 3.70. The highest BCUT2D eigenvalue weighted by molar-refractivity contribution is 5.07. The molecule has 0 aliphatic heterocycles. The first-order valence-corrected chi connectivity index (χ1v) is 8.53. The Bertz CT molecular complexity index is 413. The molecule has 0 spiro atoms. The standard InChI is InChI=1S/C18H32N2O/c1-14(2)11-19-12-17-8-9-18(21-17)13-20(4)16-7-5-6-15(3)10-16/h8-9,14-16,19H,5-7,10-13H2,1-4H3. The molecule has 1 fully saturated rings. The predicted molar refractivity (Wildman–Crippen MR) is 88.1 cm³/mol. The van der Waals surface area contributed by atoms with Crippen molar-refractivity contribution in [2.75, 3.05) is 13.6 Å². The largest absolute Gasteiger partial charge is 0.463 e. The van der Waals surface area contributed by atoms with E-state index in [1.807, 2.05) is 0 Å². The van der Waals surface area contributed by atoms with E-state index < -0.39 is 0 Å².